The topological polar surface area (TPSA) is 64.6 Å². The van der Waals surface area contributed by atoms with Crippen molar-refractivity contribution in [3.05, 3.63) is 0 Å². The van der Waals surface area contributed by atoms with E-state index in [9.17, 15) is 14.0 Å². The first-order valence-electron chi connectivity index (χ1n) is 5.90. The summed E-state index contributed by atoms with van der Waals surface area (Å²) in [5.74, 6) is -0.769. The zero-order chi connectivity index (χ0) is 14.0. The van der Waals surface area contributed by atoms with Crippen molar-refractivity contribution in [3.8, 4) is 0 Å². The number of carbonyl (C=O) groups excluding carboxylic acids is 2. The molecule has 0 spiro atoms. The summed E-state index contributed by atoms with van der Waals surface area (Å²) in [6, 6.07) is 0. The predicted molar refractivity (Wildman–Crippen MR) is 62.8 cm³/mol. The lowest BCUT2D eigenvalue weighted by Gasteiger charge is -2.23. The molecule has 1 amide bonds. The van der Waals surface area contributed by atoms with E-state index in [-0.39, 0.29) is 12.3 Å². The van der Waals surface area contributed by atoms with Crippen LogP contribution in [-0.4, -0.2) is 37.0 Å². The quantitative estimate of drug-likeness (QED) is 0.784. The molecule has 1 fully saturated rings. The molecule has 1 aliphatic rings. The fraction of sp³-hybridized carbons (Fsp3) is 0.833. The van der Waals surface area contributed by atoms with Crippen LogP contribution < -0.4 is 5.32 Å². The molecule has 2 atom stereocenters. The van der Waals surface area contributed by atoms with E-state index in [0.29, 0.717) is 6.42 Å². The third-order valence-electron chi connectivity index (χ3n) is 2.84. The molecular weight excluding hydrogens is 241 g/mol. The Bertz CT molecular complexity index is 339. The Kier molecular flexibility index (Phi) is 4.19. The van der Waals surface area contributed by atoms with Gasteiger partial charge in [0.25, 0.3) is 0 Å². The predicted octanol–water partition coefficient (Wildman–Crippen LogP) is 1.80. The molecular formula is C12H20FNO4. The summed E-state index contributed by atoms with van der Waals surface area (Å²) in [4.78, 5) is 23.3. The Labute approximate surface area is 106 Å². The molecule has 1 saturated carbocycles. The minimum atomic E-state index is -1.11. The van der Waals surface area contributed by atoms with Crippen LogP contribution in [0.1, 0.15) is 33.6 Å². The Morgan fingerprint density at radius 2 is 2.06 bits per heavy atom. The SMILES string of the molecule is COC(=O)[C@@]1(NC(=O)OC(C)(C)C)C[C@H]1CCF. The second-order valence-electron chi connectivity index (χ2n) is 5.47. The Hall–Kier alpha value is -1.33. The average Bonchev–Trinajstić information content (AvgIpc) is 2.89. The van der Waals surface area contributed by atoms with E-state index in [1.54, 1.807) is 20.8 Å². The number of methoxy groups -OCH3 is 1. The van der Waals surface area contributed by atoms with E-state index in [0.717, 1.165) is 0 Å². The molecule has 0 aliphatic heterocycles. The monoisotopic (exact) mass is 261 g/mol. The smallest absolute Gasteiger partial charge is 0.408 e. The highest BCUT2D eigenvalue weighted by Crippen LogP contribution is 2.47. The van der Waals surface area contributed by atoms with Gasteiger partial charge in [-0.25, -0.2) is 9.59 Å². The first-order valence-corrected chi connectivity index (χ1v) is 5.90. The number of nitrogens with one attached hydrogen (secondary N) is 1. The maximum absolute atomic E-state index is 12.3. The number of halogens is 1. The van der Waals surface area contributed by atoms with Gasteiger partial charge < -0.3 is 14.8 Å². The highest BCUT2D eigenvalue weighted by Gasteiger charge is 2.62. The molecule has 0 unspecified atom stereocenters. The highest BCUT2D eigenvalue weighted by molar-refractivity contribution is 5.89. The lowest BCUT2D eigenvalue weighted by molar-refractivity contribution is -0.144. The van der Waals surface area contributed by atoms with Crippen LogP contribution in [0.25, 0.3) is 0 Å². The van der Waals surface area contributed by atoms with Gasteiger partial charge in [-0.15, -0.1) is 0 Å². The largest absolute Gasteiger partial charge is 0.467 e. The fourth-order valence-corrected chi connectivity index (χ4v) is 1.93. The zero-order valence-electron chi connectivity index (χ0n) is 11.2. The third-order valence-corrected chi connectivity index (χ3v) is 2.84. The number of esters is 1. The first kappa shape index (κ1) is 14.7. The third kappa shape index (κ3) is 3.34. The number of hydrogen-bond acceptors (Lipinski definition) is 4. The number of rotatable bonds is 4. The average molecular weight is 261 g/mol. The molecule has 0 saturated heterocycles. The van der Waals surface area contributed by atoms with E-state index in [1.165, 1.54) is 7.11 Å². The van der Waals surface area contributed by atoms with Crippen molar-refractivity contribution in [3.63, 3.8) is 0 Å². The van der Waals surface area contributed by atoms with E-state index in [4.69, 9.17) is 4.74 Å². The zero-order valence-corrected chi connectivity index (χ0v) is 11.2. The molecule has 0 bridgehead atoms. The van der Waals surface area contributed by atoms with E-state index < -0.39 is 29.9 Å². The highest BCUT2D eigenvalue weighted by atomic mass is 19.1. The van der Waals surface area contributed by atoms with Crippen LogP contribution >= 0.6 is 0 Å². The minimum absolute atomic E-state index is 0.220. The molecule has 0 radical (unpaired) electrons. The van der Waals surface area contributed by atoms with Crippen LogP contribution in [0.15, 0.2) is 0 Å². The van der Waals surface area contributed by atoms with Gasteiger partial charge >= 0.3 is 12.1 Å². The molecule has 104 valence electrons. The van der Waals surface area contributed by atoms with Gasteiger partial charge in [-0.05, 0) is 39.5 Å². The van der Waals surface area contributed by atoms with Crippen LogP contribution in [0.5, 0.6) is 0 Å². The van der Waals surface area contributed by atoms with Crippen molar-refractivity contribution in [1.82, 2.24) is 5.32 Å². The van der Waals surface area contributed by atoms with Gasteiger partial charge in [0.05, 0.1) is 13.8 Å². The Balaban J connectivity index is 2.65. The lowest BCUT2D eigenvalue weighted by atomic mass is 10.1. The van der Waals surface area contributed by atoms with Gasteiger partial charge in [-0.1, -0.05) is 0 Å². The van der Waals surface area contributed by atoms with Crippen LogP contribution in [-0.2, 0) is 14.3 Å². The molecule has 6 heteroatoms. The van der Waals surface area contributed by atoms with Crippen LogP contribution in [0, 0.1) is 5.92 Å². The summed E-state index contributed by atoms with van der Waals surface area (Å²) >= 11 is 0. The number of alkyl halides is 1. The normalized spacial score (nSPS) is 26.4. The summed E-state index contributed by atoms with van der Waals surface area (Å²) in [6.07, 6.45) is -0.0671. The van der Waals surface area contributed by atoms with Gasteiger partial charge in [0.2, 0.25) is 0 Å². The molecule has 18 heavy (non-hydrogen) atoms. The number of hydrogen-bond donors (Lipinski definition) is 1. The van der Waals surface area contributed by atoms with Crippen molar-refractivity contribution in [1.29, 1.82) is 0 Å². The second kappa shape index (κ2) is 5.12. The van der Waals surface area contributed by atoms with Gasteiger partial charge in [0.15, 0.2) is 0 Å². The molecule has 1 rings (SSSR count). The molecule has 0 heterocycles. The van der Waals surface area contributed by atoms with Crippen LogP contribution in [0.3, 0.4) is 0 Å². The molecule has 0 aromatic heterocycles. The number of ether oxygens (including phenoxy) is 2. The van der Waals surface area contributed by atoms with Crippen LogP contribution in [0.2, 0.25) is 0 Å². The summed E-state index contributed by atoms with van der Waals surface area (Å²) in [5, 5.41) is 2.51. The van der Waals surface area contributed by atoms with E-state index in [1.807, 2.05) is 0 Å². The van der Waals surface area contributed by atoms with Crippen LogP contribution in [0.4, 0.5) is 9.18 Å². The van der Waals surface area contributed by atoms with Gasteiger partial charge in [-0.2, -0.15) is 0 Å². The standard InChI is InChI=1S/C12H20FNO4/c1-11(2,3)18-10(16)14-12(9(15)17-4)7-8(12)5-6-13/h8H,5-7H2,1-4H3,(H,14,16)/t8-,12-/m1/s1. The summed E-state index contributed by atoms with van der Waals surface area (Å²) in [5.41, 5.74) is -1.75. The van der Waals surface area contributed by atoms with E-state index >= 15 is 0 Å². The minimum Gasteiger partial charge on any atom is -0.467 e. The molecule has 1 N–H and O–H groups in total. The fourth-order valence-electron chi connectivity index (χ4n) is 1.93. The molecule has 1 aliphatic carbocycles. The first-order chi connectivity index (χ1) is 8.25. The van der Waals surface area contributed by atoms with Gasteiger partial charge in [0.1, 0.15) is 11.1 Å². The Morgan fingerprint density at radius 1 is 1.44 bits per heavy atom. The van der Waals surface area contributed by atoms with Crippen molar-refractivity contribution >= 4 is 12.1 Å². The molecule has 0 aromatic carbocycles. The summed E-state index contributed by atoms with van der Waals surface area (Å²) < 4.78 is 22.0. The maximum atomic E-state index is 12.3. The summed E-state index contributed by atoms with van der Waals surface area (Å²) in [6.45, 7) is 4.65. The molecule has 5 nitrogen and oxygen atoms in total. The van der Waals surface area contributed by atoms with Gasteiger partial charge in [-0.3, -0.25) is 4.39 Å². The maximum Gasteiger partial charge on any atom is 0.408 e. The van der Waals surface area contributed by atoms with Gasteiger partial charge in [0, 0.05) is 0 Å². The number of carbonyl (C=O) groups is 2. The number of amides is 1. The van der Waals surface area contributed by atoms with E-state index in [2.05, 4.69) is 10.1 Å². The molecule has 0 aromatic rings. The second-order valence-corrected chi connectivity index (χ2v) is 5.47. The lowest BCUT2D eigenvalue weighted by Crippen LogP contribution is -2.47. The van der Waals surface area contributed by atoms with Crippen molar-refractivity contribution in [2.45, 2.75) is 44.8 Å². The van der Waals surface area contributed by atoms with Crippen molar-refractivity contribution < 1.29 is 23.5 Å². The van der Waals surface area contributed by atoms with Crippen molar-refractivity contribution in [2.24, 2.45) is 5.92 Å². The number of alkyl carbamates (subject to hydrolysis) is 1. The Morgan fingerprint density at radius 3 is 2.50 bits per heavy atom. The van der Waals surface area contributed by atoms with Crippen molar-refractivity contribution in [2.75, 3.05) is 13.8 Å². The summed E-state index contributed by atoms with van der Waals surface area (Å²) in [7, 11) is 1.24.